The van der Waals surface area contributed by atoms with Crippen molar-refractivity contribution in [3.63, 3.8) is 0 Å². The SMILES string of the molecule is CC1OC1NSC(O)O. The van der Waals surface area contributed by atoms with Gasteiger partial charge in [-0.3, -0.25) is 0 Å². The lowest BCUT2D eigenvalue weighted by Crippen LogP contribution is -2.15. The van der Waals surface area contributed by atoms with Gasteiger partial charge in [0.2, 0.25) is 5.62 Å². The van der Waals surface area contributed by atoms with Crippen LogP contribution < -0.4 is 4.72 Å². The average molecular weight is 151 g/mol. The van der Waals surface area contributed by atoms with Crippen molar-refractivity contribution in [1.29, 1.82) is 0 Å². The summed E-state index contributed by atoms with van der Waals surface area (Å²) >= 11 is 0.842. The van der Waals surface area contributed by atoms with E-state index in [0.717, 1.165) is 11.9 Å². The van der Waals surface area contributed by atoms with E-state index in [2.05, 4.69) is 4.72 Å². The van der Waals surface area contributed by atoms with Gasteiger partial charge in [0.15, 0.2) is 0 Å². The van der Waals surface area contributed by atoms with E-state index in [1.165, 1.54) is 0 Å². The van der Waals surface area contributed by atoms with Gasteiger partial charge in [0.1, 0.15) is 6.23 Å². The molecular weight excluding hydrogens is 142 g/mol. The van der Waals surface area contributed by atoms with Gasteiger partial charge in [0, 0.05) is 0 Å². The van der Waals surface area contributed by atoms with Gasteiger partial charge in [0.25, 0.3) is 0 Å². The van der Waals surface area contributed by atoms with E-state index in [4.69, 9.17) is 14.9 Å². The first-order chi connectivity index (χ1) is 4.20. The molecule has 0 spiro atoms. The van der Waals surface area contributed by atoms with Crippen LogP contribution in [0.5, 0.6) is 0 Å². The summed E-state index contributed by atoms with van der Waals surface area (Å²) in [6.07, 6.45) is 0.202. The molecule has 0 radical (unpaired) electrons. The normalized spacial score (nSPS) is 33.3. The minimum Gasteiger partial charge on any atom is -0.359 e. The summed E-state index contributed by atoms with van der Waals surface area (Å²) in [7, 11) is 0. The van der Waals surface area contributed by atoms with E-state index >= 15 is 0 Å². The Morgan fingerprint density at radius 3 is 2.56 bits per heavy atom. The quantitative estimate of drug-likeness (QED) is 0.281. The predicted octanol–water partition coefficient (Wildman–Crippen LogP) is -0.763. The Balaban J connectivity index is 1.94. The molecule has 0 aromatic rings. The molecule has 1 aliphatic rings. The number of aliphatic hydroxyl groups excluding tert-OH is 1. The van der Waals surface area contributed by atoms with Gasteiger partial charge in [-0.25, -0.2) is 4.72 Å². The van der Waals surface area contributed by atoms with Gasteiger partial charge in [-0.05, 0) is 18.9 Å². The fraction of sp³-hybridized carbons (Fsp3) is 1.00. The number of hydrogen-bond acceptors (Lipinski definition) is 5. The first-order valence-corrected chi connectivity index (χ1v) is 3.51. The Labute approximate surface area is 57.3 Å². The molecule has 9 heavy (non-hydrogen) atoms. The van der Waals surface area contributed by atoms with Crippen LogP contribution in [0.4, 0.5) is 0 Å². The Morgan fingerprint density at radius 1 is 1.67 bits per heavy atom. The molecule has 3 N–H and O–H groups in total. The molecule has 4 nitrogen and oxygen atoms in total. The molecule has 0 saturated carbocycles. The lowest BCUT2D eigenvalue weighted by Gasteiger charge is -1.99. The van der Waals surface area contributed by atoms with E-state index in [1.54, 1.807) is 0 Å². The molecule has 0 aliphatic carbocycles. The van der Waals surface area contributed by atoms with Gasteiger partial charge < -0.3 is 14.9 Å². The van der Waals surface area contributed by atoms with Crippen LogP contribution in [-0.2, 0) is 4.74 Å². The van der Waals surface area contributed by atoms with Gasteiger partial charge in [-0.15, -0.1) is 0 Å². The molecule has 1 fully saturated rings. The Morgan fingerprint density at radius 2 is 2.22 bits per heavy atom. The van der Waals surface area contributed by atoms with Gasteiger partial charge >= 0.3 is 0 Å². The zero-order valence-corrected chi connectivity index (χ0v) is 5.76. The smallest absolute Gasteiger partial charge is 0.216 e. The van der Waals surface area contributed by atoms with E-state index in [9.17, 15) is 0 Å². The van der Waals surface area contributed by atoms with Crippen LogP contribution in [0.2, 0.25) is 0 Å². The number of nitrogens with one attached hydrogen (secondary N) is 1. The van der Waals surface area contributed by atoms with Crippen LogP contribution in [-0.4, -0.2) is 28.2 Å². The molecule has 1 aliphatic heterocycles. The average Bonchev–Trinajstić information content (AvgIpc) is 2.42. The molecule has 1 rings (SSSR count). The van der Waals surface area contributed by atoms with Crippen LogP contribution in [0.25, 0.3) is 0 Å². The van der Waals surface area contributed by atoms with E-state index in [0.29, 0.717) is 0 Å². The fourth-order valence-corrected chi connectivity index (χ4v) is 0.940. The van der Waals surface area contributed by atoms with Crippen molar-refractivity contribution in [2.45, 2.75) is 24.9 Å². The molecular formula is C4H9NO3S. The van der Waals surface area contributed by atoms with Crippen LogP contribution in [0, 0.1) is 0 Å². The summed E-state index contributed by atoms with van der Waals surface area (Å²) in [5.74, 6) is 0. The molecule has 5 heteroatoms. The highest BCUT2D eigenvalue weighted by molar-refractivity contribution is 7.97. The Bertz CT molecular complexity index is 99.8. The van der Waals surface area contributed by atoms with Gasteiger partial charge in [-0.2, -0.15) is 0 Å². The molecule has 0 aromatic heterocycles. The topological polar surface area (TPSA) is 65.0 Å². The van der Waals surface area contributed by atoms with Crippen LogP contribution in [0.3, 0.4) is 0 Å². The minimum atomic E-state index is -1.36. The lowest BCUT2D eigenvalue weighted by molar-refractivity contribution is 0.0396. The molecule has 0 amide bonds. The first-order valence-electron chi connectivity index (χ1n) is 2.63. The first kappa shape index (κ1) is 7.30. The van der Waals surface area contributed by atoms with Crippen molar-refractivity contribution in [2.24, 2.45) is 0 Å². The number of aliphatic hydroxyl groups is 2. The molecule has 1 heterocycles. The second kappa shape index (κ2) is 2.85. The van der Waals surface area contributed by atoms with Crippen LogP contribution in [0.1, 0.15) is 6.92 Å². The fourth-order valence-electron chi connectivity index (χ4n) is 0.437. The molecule has 54 valence electrons. The van der Waals surface area contributed by atoms with Crippen LogP contribution >= 0.6 is 11.9 Å². The second-order valence-corrected chi connectivity index (χ2v) is 2.72. The summed E-state index contributed by atoms with van der Waals surface area (Å²) in [6, 6.07) is 0. The molecule has 1 saturated heterocycles. The van der Waals surface area contributed by atoms with Crippen molar-refractivity contribution in [1.82, 2.24) is 4.72 Å². The standard InChI is InChI=1S/C4H9NO3S/c1-2-3(8-2)5-9-4(6)7/h2-7H,1H3. The van der Waals surface area contributed by atoms with Crippen molar-refractivity contribution >= 4 is 11.9 Å². The Kier molecular flexibility index (Phi) is 2.31. The summed E-state index contributed by atoms with van der Waals surface area (Å²) in [4.78, 5) is 0. The maximum absolute atomic E-state index is 8.32. The largest absolute Gasteiger partial charge is 0.359 e. The molecule has 0 aromatic carbocycles. The predicted molar refractivity (Wildman–Crippen MR) is 33.3 cm³/mol. The summed E-state index contributed by atoms with van der Waals surface area (Å²) in [5.41, 5.74) is -1.36. The lowest BCUT2D eigenvalue weighted by atomic mass is 10.5. The zero-order chi connectivity index (χ0) is 6.85. The Hall–Kier alpha value is 0.190. The van der Waals surface area contributed by atoms with Crippen molar-refractivity contribution in [3.05, 3.63) is 0 Å². The third kappa shape index (κ3) is 2.51. The maximum atomic E-state index is 8.32. The van der Waals surface area contributed by atoms with Gasteiger partial charge in [-0.1, -0.05) is 0 Å². The third-order valence-electron chi connectivity index (χ3n) is 1.00. The monoisotopic (exact) mass is 151 g/mol. The second-order valence-electron chi connectivity index (χ2n) is 1.82. The number of rotatable bonds is 3. The van der Waals surface area contributed by atoms with Crippen LogP contribution in [0.15, 0.2) is 0 Å². The number of ether oxygens (including phenoxy) is 1. The molecule has 0 bridgehead atoms. The van der Waals surface area contributed by atoms with Crippen molar-refractivity contribution < 1.29 is 14.9 Å². The summed E-state index contributed by atoms with van der Waals surface area (Å²) in [5, 5.41) is 16.6. The molecule has 2 atom stereocenters. The van der Waals surface area contributed by atoms with Gasteiger partial charge in [0.05, 0.1) is 6.10 Å². The van der Waals surface area contributed by atoms with E-state index < -0.39 is 5.62 Å². The number of epoxide rings is 1. The summed E-state index contributed by atoms with van der Waals surface area (Å²) in [6.45, 7) is 1.90. The third-order valence-corrected chi connectivity index (χ3v) is 1.58. The maximum Gasteiger partial charge on any atom is 0.216 e. The summed E-state index contributed by atoms with van der Waals surface area (Å²) < 4.78 is 7.61. The van der Waals surface area contributed by atoms with Crippen molar-refractivity contribution in [3.8, 4) is 0 Å². The highest BCUT2D eigenvalue weighted by atomic mass is 32.2. The van der Waals surface area contributed by atoms with E-state index in [-0.39, 0.29) is 12.3 Å². The number of hydrogen-bond donors (Lipinski definition) is 3. The molecule has 2 unspecified atom stereocenters. The van der Waals surface area contributed by atoms with E-state index in [1.807, 2.05) is 6.92 Å². The highest BCUT2D eigenvalue weighted by Gasteiger charge is 2.34. The zero-order valence-electron chi connectivity index (χ0n) is 4.94. The van der Waals surface area contributed by atoms with Crippen molar-refractivity contribution in [2.75, 3.05) is 0 Å². The highest BCUT2D eigenvalue weighted by Crippen LogP contribution is 2.20. The minimum absolute atomic E-state index is 0.00296.